The molecule has 4 rings (SSSR count). The van der Waals surface area contributed by atoms with Crippen molar-refractivity contribution in [3.8, 4) is 0 Å². The van der Waals surface area contributed by atoms with Gasteiger partial charge in [-0.05, 0) is 19.9 Å². The maximum atomic E-state index is 5.41. The molecule has 0 bridgehead atoms. The fraction of sp³-hybridized carbons (Fsp3) is 0.611. The van der Waals surface area contributed by atoms with Crippen molar-refractivity contribution in [3.05, 3.63) is 29.3 Å². The van der Waals surface area contributed by atoms with Crippen LogP contribution >= 0.6 is 0 Å². The Hall–Kier alpha value is -2.19. The van der Waals surface area contributed by atoms with Crippen LogP contribution in [-0.4, -0.2) is 72.5 Å². The highest BCUT2D eigenvalue weighted by Crippen LogP contribution is 2.20. The molecule has 0 aromatic carbocycles. The van der Waals surface area contributed by atoms with Crippen molar-refractivity contribution in [2.24, 2.45) is 0 Å². The fourth-order valence-electron chi connectivity index (χ4n) is 3.52. The van der Waals surface area contributed by atoms with E-state index in [1.54, 1.807) is 0 Å². The average molecular weight is 358 g/mol. The zero-order chi connectivity index (χ0) is 17.9. The summed E-state index contributed by atoms with van der Waals surface area (Å²) >= 11 is 0. The molecule has 0 atom stereocenters. The van der Waals surface area contributed by atoms with E-state index in [-0.39, 0.29) is 0 Å². The highest BCUT2D eigenvalue weighted by molar-refractivity contribution is 5.44. The topological polar surface area (TPSA) is 70.8 Å². The predicted octanol–water partition coefficient (Wildman–Crippen LogP) is 1.24. The number of morpholine rings is 1. The van der Waals surface area contributed by atoms with Gasteiger partial charge >= 0.3 is 0 Å². The van der Waals surface area contributed by atoms with Crippen molar-refractivity contribution in [1.29, 1.82) is 0 Å². The summed E-state index contributed by atoms with van der Waals surface area (Å²) in [7, 11) is 0. The highest BCUT2D eigenvalue weighted by atomic mass is 16.5. The van der Waals surface area contributed by atoms with Gasteiger partial charge in [-0.25, -0.2) is 4.98 Å². The molecule has 140 valence electrons. The van der Waals surface area contributed by atoms with E-state index >= 15 is 0 Å². The standard InChI is InChI=1S/C18H26N6O2/c1-14-16(15(2)26-21-14)13-22-5-7-23(8-6-22)17-3-4-19-18(20-17)24-9-11-25-12-10-24/h3-4H,5-13H2,1-2H3. The first-order chi connectivity index (χ1) is 12.7. The first-order valence-corrected chi connectivity index (χ1v) is 9.25. The van der Waals surface area contributed by atoms with Gasteiger partial charge < -0.3 is 19.1 Å². The molecule has 0 unspecified atom stereocenters. The summed E-state index contributed by atoms with van der Waals surface area (Å²) < 4.78 is 10.7. The minimum atomic E-state index is 0.744. The summed E-state index contributed by atoms with van der Waals surface area (Å²) in [5.41, 5.74) is 2.21. The van der Waals surface area contributed by atoms with Crippen LogP contribution in [0.2, 0.25) is 0 Å². The molecular weight excluding hydrogens is 332 g/mol. The minimum Gasteiger partial charge on any atom is -0.378 e. The van der Waals surface area contributed by atoms with Crippen LogP contribution in [-0.2, 0) is 11.3 Å². The molecule has 0 radical (unpaired) electrons. The first-order valence-electron chi connectivity index (χ1n) is 9.25. The second kappa shape index (κ2) is 7.59. The molecule has 0 N–H and O–H groups in total. The van der Waals surface area contributed by atoms with Gasteiger partial charge in [0.1, 0.15) is 11.6 Å². The predicted molar refractivity (Wildman–Crippen MR) is 98.5 cm³/mol. The zero-order valence-electron chi connectivity index (χ0n) is 15.5. The number of hydrogen-bond acceptors (Lipinski definition) is 8. The quantitative estimate of drug-likeness (QED) is 0.809. The Kier molecular flexibility index (Phi) is 5.03. The van der Waals surface area contributed by atoms with Crippen molar-refractivity contribution >= 4 is 11.8 Å². The molecule has 2 aliphatic rings. The van der Waals surface area contributed by atoms with Gasteiger partial charge in [0, 0.05) is 57.6 Å². The summed E-state index contributed by atoms with van der Waals surface area (Å²) in [6, 6.07) is 2.01. The Morgan fingerprint density at radius 3 is 2.46 bits per heavy atom. The van der Waals surface area contributed by atoms with Gasteiger partial charge in [0.2, 0.25) is 5.95 Å². The maximum absolute atomic E-state index is 5.41. The number of piperazine rings is 1. The van der Waals surface area contributed by atoms with Crippen molar-refractivity contribution in [2.75, 3.05) is 62.3 Å². The molecular formula is C18H26N6O2. The van der Waals surface area contributed by atoms with E-state index < -0.39 is 0 Å². The Labute approximate surface area is 153 Å². The van der Waals surface area contributed by atoms with E-state index in [1.165, 1.54) is 5.56 Å². The van der Waals surface area contributed by atoms with E-state index in [0.29, 0.717) is 0 Å². The zero-order valence-corrected chi connectivity index (χ0v) is 15.5. The van der Waals surface area contributed by atoms with E-state index in [1.807, 2.05) is 26.1 Å². The normalized spacial score (nSPS) is 19.2. The molecule has 26 heavy (non-hydrogen) atoms. The van der Waals surface area contributed by atoms with Gasteiger partial charge in [0.05, 0.1) is 18.9 Å². The first kappa shape index (κ1) is 17.2. The summed E-state index contributed by atoms with van der Waals surface area (Å²) in [6.07, 6.45) is 1.86. The molecule has 0 saturated carbocycles. The summed E-state index contributed by atoms with van der Waals surface area (Å²) in [6.45, 7) is 12.0. The molecule has 2 saturated heterocycles. The average Bonchev–Trinajstić information content (AvgIpc) is 3.01. The Morgan fingerprint density at radius 2 is 1.77 bits per heavy atom. The van der Waals surface area contributed by atoms with Gasteiger partial charge in [0.15, 0.2) is 0 Å². The molecule has 4 heterocycles. The largest absolute Gasteiger partial charge is 0.378 e. The van der Waals surface area contributed by atoms with Crippen molar-refractivity contribution in [3.63, 3.8) is 0 Å². The number of rotatable bonds is 4. The second-order valence-electron chi connectivity index (χ2n) is 6.88. The van der Waals surface area contributed by atoms with Gasteiger partial charge in [-0.3, -0.25) is 4.90 Å². The lowest BCUT2D eigenvalue weighted by molar-refractivity contribution is 0.122. The van der Waals surface area contributed by atoms with Gasteiger partial charge in [0.25, 0.3) is 0 Å². The molecule has 2 aliphatic heterocycles. The Bertz CT molecular complexity index is 716. The third kappa shape index (κ3) is 3.66. The van der Waals surface area contributed by atoms with Crippen molar-refractivity contribution in [1.82, 2.24) is 20.0 Å². The van der Waals surface area contributed by atoms with E-state index in [0.717, 1.165) is 82.2 Å². The Balaban J connectivity index is 1.37. The molecule has 2 aromatic rings. The van der Waals surface area contributed by atoms with Crippen LogP contribution in [0.5, 0.6) is 0 Å². The number of hydrogen-bond donors (Lipinski definition) is 0. The van der Waals surface area contributed by atoms with Gasteiger partial charge in [-0.1, -0.05) is 5.16 Å². The fourth-order valence-corrected chi connectivity index (χ4v) is 3.52. The minimum absolute atomic E-state index is 0.744. The third-order valence-electron chi connectivity index (χ3n) is 5.18. The summed E-state index contributed by atoms with van der Waals surface area (Å²) in [4.78, 5) is 16.2. The lowest BCUT2D eigenvalue weighted by atomic mass is 10.2. The van der Waals surface area contributed by atoms with Gasteiger partial charge in [-0.15, -0.1) is 0 Å². The van der Waals surface area contributed by atoms with E-state index in [4.69, 9.17) is 14.2 Å². The molecule has 2 aromatic heterocycles. The molecule has 8 heteroatoms. The van der Waals surface area contributed by atoms with Crippen LogP contribution in [0, 0.1) is 13.8 Å². The number of anilines is 2. The van der Waals surface area contributed by atoms with Gasteiger partial charge in [-0.2, -0.15) is 4.98 Å². The smallest absolute Gasteiger partial charge is 0.227 e. The lowest BCUT2D eigenvalue weighted by Crippen LogP contribution is -2.46. The summed E-state index contributed by atoms with van der Waals surface area (Å²) in [5.74, 6) is 2.75. The maximum Gasteiger partial charge on any atom is 0.227 e. The number of nitrogens with zero attached hydrogens (tertiary/aromatic N) is 6. The lowest BCUT2D eigenvalue weighted by Gasteiger charge is -2.35. The van der Waals surface area contributed by atoms with Crippen LogP contribution in [0.15, 0.2) is 16.8 Å². The van der Waals surface area contributed by atoms with Crippen LogP contribution in [0.4, 0.5) is 11.8 Å². The summed E-state index contributed by atoms with van der Waals surface area (Å²) in [5, 5.41) is 4.06. The van der Waals surface area contributed by atoms with E-state index in [2.05, 4.69) is 24.8 Å². The molecule has 2 fully saturated rings. The molecule has 0 spiro atoms. The monoisotopic (exact) mass is 358 g/mol. The van der Waals surface area contributed by atoms with Crippen LogP contribution < -0.4 is 9.80 Å². The SMILES string of the molecule is Cc1noc(C)c1CN1CCN(c2ccnc(N3CCOCC3)n2)CC1. The Morgan fingerprint density at radius 1 is 1.00 bits per heavy atom. The third-order valence-corrected chi connectivity index (χ3v) is 5.18. The number of aryl methyl sites for hydroxylation is 2. The van der Waals surface area contributed by atoms with E-state index in [9.17, 15) is 0 Å². The van der Waals surface area contributed by atoms with Crippen LogP contribution in [0.1, 0.15) is 17.0 Å². The van der Waals surface area contributed by atoms with Crippen LogP contribution in [0.3, 0.4) is 0 Å². The second-order valence-corrected chi connectivity index (χ2v) is 6.88. The number of aromatic nitrogens is 3. The molecule has 8 nitrogen and oxygen atoms in total. The highest BCUT2D eigenvalue weighted by Gasteiger charge is 2.22. The van der Waals surface area contributed by atoms with Crippen molar-refractivity contribution in [2.45, 2.75) is 20.4 Å². The molecule has 0 amide bonds. The number of ether oxygens (including phenoxy) is 1. The molecule has 0 aliphatic carbocycles. The van der Waals surface area contributed by atoms with Crippen molar-refractivity contribution < 1.29 is 9.26 Å². The van der Waals surface area contributed by atoms with Crippen LogP contribution in [0.25, 0.3) is 0 Å².